The SMILES string of the molecule is CC(C)CNC(=O)[C@H](C)N(Cc1ccc(Cl)c(Cl)c1)C(=O)CN(c1cc(Cl)cc(Cl)c1)S(C)(=O)=O. The fourth-order valence-corrected chi connectivity index (χ4v) is 4.84. The molecule has 0 radical (unpaired) electrons. The monoisotopic (exact) mass is 581 g/mol. The second-order valence-corrected chi connectivity index (χ2v) is 12.1. The summed E-state index contributed by atoms with van der Waals surface area (Å²) in [6.45, 7) is 5.33. The zero-order chi connectivity index (χ0) is 26.5. The Morgan fingerprint density at radius 3 is 2.06 bits per heavy atom. The van der Waals surface area contributed by atoms with Gasteiger partial charge in [0.05, 0.1) is 22.0 Å². The molecule has 2 rings (SSSR count). The maximum atomic E-state index is 13.5. The zero-order valence-corrected chi connectivity index (χ0v) is 23.5. The summed E-state index contributed by atoms with van der Waals surface area (Å²) in [5.74, 6) is -0.771. The molecule has 0 aliphatic heterocycles. The molecule has 12 heteroatoms. The van der Waals surface area contributed by atoms with Crippen LogP contribution < -0.4 is 9.62 Å². The zero-order valence-electron chi connectivity index (χ0n) is 19.7. The highest BCUT2D eigenvalue weighted by molar-refractivity contribution is 7.92. The molecule has 0 aliphatic carbocycles. The number of hydrogen-bond acceptors (Lipinski definition) is 4. The molecular formula is C23H27Cl4N3O4S. The summed E-state index contributed by atoms with van der Waals surface area (Å²) in [5, 5.41) is 3.86. The summed E-state index contributed by atoms with van der Waals surface area (Å²) < 4.78 is 26.1. The van der Waals surface area contributed by atoms with Gasteiger partial charge in [-0.2, -0.15) is 0 Å². The molecular weight excluding hydrogens is 556 g/mol. The van der Waals surface area contributed by atoms with Crippen molar-refractivity contribution in [2.75, 3.05) is 23.7 Å². The van der Waals surface area contributed by atoms with Gasteiger partial charge in [-0.25, -0.2) is 8.42 Å². The van der Waals surface area contributed by atoms with Crippen LogP contribution in [0.5, 0.6) is 0 Å². The Morgan fingerprint density at radius 2 is 1.54 bits per heavy atom. The molecule has 192 valence electrons. The number of benzene rings is 2. The van der Waals surface area contributed by atoms with Crippen molar-refractivity contribution in [1.29, 1.82) is 0 Å². The van der Waals surface area contributed by atoms with Crippen molar-refractivity contribution in [2.24, 2.45) is 5.92 Å². The van der Waals surface area contributed by atoms with Crippen LogP contribution in [0.2, 0.25) is 20.1 Å². The lowest BCUT2D eigenvalue weighted by molar-refractivity contribution is -0.139. The second kappa shape index (κ2) is 12.5. The van der Waals surface area contributed by atoms with Crippen molar-refractivity contribution in [3.63, 3.8) is 0 Å². The van der Waals surface area contributed by atoms with Crippen LogP contribution in [0.1, 0.15) is 26.3 Å². The third-order valence-corrected chi connectivity index (χ3v) is 7.32. The third kappa shape index (κ3) is 8.72. The van der Waals surface area contributed by atoms with Crippen LogP contribution in [0.25, 0.3) is 0 Å². The lowest BCUT2D eigenvalue weighted by Crippen LogP contribution is -2.51. The molecule has 0 saturated carbocycles. The number of carbonyl (C=O) groups excluding carboxylic acids is 2. The molecule has 35 heavy (non-hydrogen) atoms. The largest absolute Gasteiger partial charge is 0.354 e. The van der Waals surface area contributed by atoms with E-state index in [-0.39, 0.29) is 34.1 Å². The molecule has 1 N–H and O–H groups in total. The van der Waals surface area contributed by atoms with E-state index in [0.29, 0.717) is 22.2 Å². The molecule has 0 aliphatic rings. The molecule has 2 aromatic carbocycles. The number of amides is 2. The first-order valence-electron chi connectivity index (χ1n) is 10.6. The van der Waals surface area contributed by atoms with Gasteiger partial charge in [0.2, 0.25) is 21.8 Å². The minimum Gasteiger partial charge on any atom is -0.354 e. The fourth-order valence-electron chi connectivity index (χ4n) is 3.17. The number of nitrogens with one attached hydrogen (secondary N) is 1. The number of nitrogens with zero attached hydrogens (tertiary/aromatic N) is 2. The summed E-state index contributed by atoms with van der Waals surface area (Å²) in [6.07, 6.45) is 0.969. The maximum absolute atomic E-state index is 13.5. The summed E-state index contributed by atoms with van der Waals surface area (Å²) in [6, 6.07) is 8.19. The van der Waals surface area contributed by atoms with Crippen molar-refractivity contribution in [2.45, 2.75) is 33.4 Å². The van der Waals surface area contributed by atoms with E-state index in [4.69, 9.17) is 46.4 Å². The molecule has 0 bridgehead atoms. The predicted octanol–water partition coefficient (Wildman–Crippen LogP) is 5.26. The molecule has 0 spiro atoms. The number of rotatable bonds is 10. The van der Waals surface area contributed by atoms with Crippen LogP contribution in [-0.4, -0.2) is 50.5 Å². The van der Waals surface area contributed by atoms with Gasteiger partial charge in [-0.05, 0) is 48.7 Å². The number of sulfonamides is 1. The van der Waals surface area contributed by atoms with Gasteiger partial charge in [0, 0.05) is 23.1 Å². The van der Waals surface area contributed by atoms with Gasteiger partial charge in [-0.3, -0.25) is 13.9 Å². The topological polar surface area (TPSA) is 86.8 Å². The third-order valence-electron chi connectivity index (χ3n) is 5.00. The molecule has 7 nitrogen and oxygen atoms in total. The van der Waals surface area contributed by atoms with E-state index in [9.17, 15) is 18.0 Å². The van der Waals surface area contributed by atoms with E-state index in [1.807, 2.05) is 13.8 Å². The minimum atomic E-state index is -3.90. The normalized spacial score (nSPS) is 12.4. The molecule has 0 saturated heterocycles. The molecule has 0 unspecified atom stereocenters. The first-order valence-corrected chi connectivity index (χ1v) is 14.0. The standard InChI is InChI=1S/C23H27Cl4N3O4S/c1-14(2)11-28-23(32)15(3)29(12-16-5-6-20(26)21(27)7-16)22(31)13-30(35(4,33)34)19-9-17(24)8-18(25)10-19/h5-10,14-15H,11-13H2,1-4H3,(H,28,32)/t15-/m0/s1. The van der Waals surface area contributed by atoms with Crippen molar-refractivity contribution >= 4 is 73.9 Å². The van der Waals surface area contributed by atoms with E-state index in [0.717, 1.165) is 10.6 Å². The Bertz CT molecular complexity index is 1170. The number of hydrogen-bond donors (Lipinski definition) is 1. The Hall–Kier alpha value is -1.71. The Morgan fingerprint density at radius 1 is 0.943 bits per heavy atom. The highest BCUT2D eigenvalue weighted by atomic mass is 35.5. The fraction of sp³-hybridized carbons (Fsp3) is 0.391. The van der Waals surface area contributed by atoms with Gasteiger partial charge in [0.15, 0.2) is 0 Å². The van der Waals surface area contributed by atoms with Gasteiger partial charge in [-0.1, -0.05) is 66.3 Å². The number of anilines is 1. The van der Waals surface area contributed by atoms with Crippen LogP contribution >= 0.6 is 46.4 Å². The molecule has 0 fully saturated rings. The Labute approximate surface area is 226 Å². The minimum absolute atomic E-state index is 0.000108. The molecule has 0 heterocycles. The summed E-state index contributed by atoms with van der Waals surface area (Å²) >= 11 is 24.2. The summed E-state index contributed by atoms with van der Waals surface area (Å²) in [4.78, 5) is 27.6. The van der Waals surface area contributed by atoms with Crippen LogP contribution in [0, 0.1) is 5.92 Å². The van der Waals surface area contributed by atoms with E-state index in [1.54, 1.807) is 25.1 Å². The van der Waals surface area contributed by atoms with Gasteiger partial charge in [-0.15, -0.1) is 0 Å². The summed E-state index contributed by atoms with van der Waals surface area (Å²) in [5.41, 5.74) is 0.748. The highest BCUT2D eigenvalue weighted by Gasteiger charge is 2.30. The smallest absolute Gasteiger partial charge is 0.244 e. The van der Waals surface area contributed by atoms with Gasteiger partial charge in [0.25, 0.3) is 0 Å². The molecule has 1 atom stereocenters. The van der Waals surface area contributed by atoms with Crippen LogP contribution in [0.4, 0.5) is 5.69 Å². The Kier molecular flexibility index (Phi) is 10.5. The average molecular weight is 583 g/mol. The second-order valence-electron chi connectivity index (χ2n) is 8.48. The average Bonchev–Trinajstić information content (AvgIpc) is 2.74. The van der Waals surface area contributed by atoms with Crippen molar-refractivity contribution in [1.82, 2.24) is 10.2 Å². The van der Waals surface area contributed by atoms with Gasteiger partial charge < -0.3 is 10.2 Å². The van der Waals surface area contributed by atoms with E-state index in [2.05, 4.69) is 5.32 Å². The summed E-state index contributed by atoms with van der Waals surface area (Å²) in [7, 11) is -3.90. The van der Waals surface area contributed by atoms with Crippen molar-refractivity contribution < 1.29 is 18.0 Å². The van der Waals surface area contributed by atoms with E-state index >= 15 is 0 Å². The van der Waals surface area contributed by atoms with E-state index in [1.165, 1.54) is 23.1 Å². The first-order chi connectivity index (χ1) is 16.2. The van der Waals surface area contributed by atoms with Crippen molar-refractivity contribution in [3.05, 3.63) is 62.1 Å². The van der Waals surface area contributed by atoms with E-state index < -0.39 is 28.5 Å². The predicted molar refractivity (Wildman–Crippen MR) is 143 cm³/mol. The molecule has 2 amide bonds. The molecule has 2 aromatic rings. The first kappa shape index (κ1) is 29.5. The van der Waals surface area contributed by atoms with Gasteiger partial charge >= 0.3 is 0 Å². The van der Waals surface area contributed by atoms with Crippen molar-refractivity contribution in [3.8, 4) is 0 Å². The maximum Gasteiger partial charge on any atom is 0.244 e. The molecule has 0 aromatic heterocycles. The lowest BCUT2D eigenvalue weighted by atomic mass is 10.1. The number of halogens is 4. The van der Waals surface area contributed by atoms with Gasteiger partial charge in [0.1, 0.15) is 12.6 Å². The Balaban J connectivity index is 2.42. The lowest BCUT2D eigenvalue weighted by Gasteiger charge is -2.31. The van der Waals surface area contributed by atoms with Crippen LogP contribution in [0.3, 0.4) is 0 Å². The van der Waals surface area contributed by atoms with Crippen LogP contribution in [-0.2, 0) is 26.2 Å². The highest BCUT2D eigenvalue weighted by Crippen LogP contribution is 2.28. The van der Waals surface area contributed by atoms with Crippen LogP contribution in [0.15, 0.2) is 36.4 Å². The number of carbonyl (C=O) groups is 2. The quantitative estimate of drug-likeness (QED) is 0.414.